The molecule has 0 spiro atoms. The third kappa shape index (κ3) is 3.44. The number of pyridine rings is 1. The minimum Gasteiger partial charge on any atom is -0.491 e. The first-order chi connectivity index (χ1) is 12.8. The average molecular weight is 348 g/mol. The van der Waals surface area contributed by atoms with E-state index in [-0.39, 0.29) is 11.9 Å². The summed E-state index contributed by atoms with van der Waals surface area (Å²) in [6.45, 7) is 1.79. The molecule has 0 saturated carbocycles. The van der Waals surface area contributed by atoms with Crippen molar-refractivity contribution in [2.75, 3.05) is 6.61 Å². The number of rotatable bonds is 4. The molecular weight excluding hydrogens is 328 g/mol. The number of benzene rings is 1. The zero-order valence-electron chi connectivity index (χ0n) is 14.4. The number of carbonyl (C=O) groups excluding carboxylic acids is 1. The number of para-hydroxylation sites is 1. The van der Waals surface area contributed by atoms with Gasteiger partial charge in [0, 0.05) is 30.7 Å². The van der Waals surface area contributed by atoms with Crippen LogP contribution in [0.15, 0.2) is 67.4 Å². The maximum atomic E-state index is 13.1. The number of aryl methyl sites for hydroxylation is 1. The summed E-state index contributed by atoms with van der Waals surface area (Å²) in [6, 6.07) is 13.2. The molecule has 1 aromatic carbocycles. The Labute approximate surface area is 152 Å². The van der Waals surface area contributed by atoms with Crippen LogP contribution in [0.4, 0.5) is 0 Å². The summed E-state index contributed by atoms with van der Waals surface area (Å²) in [5, 5.41) is 0. The number of hydrogen-bond donors (Lipinski definition) is 0. The fourth-order valence-corrected chi connectivity index (χ4v) is 3.21. The Morgan fingerprint density at radius 1 is 1.12 bits per heavy atom. The van der Waals surface area contributed by atoms with E-state index in [1.165, 1.54) is 0 Å². The molecule has 3 heterocycles. The van der Waals surface area contributed by atoms with Gasteiger partial charge in [0.2, 0.25) is 0 Å². The van der Waals surface area contributed by atoms with Gasteiger partial charge in [-0.2, -0.15) is 0 Å². The second-order valence-corrected chi connectivity index (χ2v) is 6.31. The molecule has 1 amide bonds. The minimum absolute atomic E-state index is 0.0105. The van der Waals surface area contributed by atoms with E-state index in [4.69, 9.17) is 4.74 Å². The highest BCUT2D eigenvalue weighted by Crippen LogP contribution is 2.21. The summed E-state index contributed by atoms with van der Waals surface area (Å²) in [5.74, 6) is 0.804. The minimum atomic E-state index is -0.0178. The lowest BCUT2D eigenvalue weighted by atomic mass is 10.1. The van der Waals surface area contributed by atoms with Crippen LogP contribution in [-0.2, 0) is 13.1 Å². The van der Waals surface area contributed by atoms with Crippen LogP contribution in [-0.4, -0.2) is 38.0 Å². The molecule has 1 aliphatic heterocycles. The van der Waals surface area contributed by atoms with Crippen molar-refractivity contribution >= 4 is 5.91 Å². The molecule has 6 nitrogen and oxygen atoms in total. The Morgan fingerprint density at radius 2 is 1.92 bits per heavy atom. The van der Waals surface area contributed by atoms with Gasteiger partial charge in [0.05, 0.1) is 24.6 Å². The monoisotopic (exact) mass is 348 g/mol. The van der Waals surface area contributed by atoms with Crippen LogP contribution in [0.2, 0.25) is 0 Å². The van der Waals surface area contributed by atoms with Gasteiger partial charge < -0.3 is 14.2 Å². The second-order valence-electron chi connectivity index (χ2n) is 6.31. The Balaban J connectivity index is 1.57. The molecule has 0 unspecified atom stereocenters. The summed E-state index contributed by atoms with van der Waals surface area (Å²) in [4.78, 5) is 23.2. The van der Waals surface area contributed by atoms with Gasteiger partial charge in [0.15, 0.2) is 0 Å². The summed E-state index contributed by atoms with van der Waals surface area (Å²) >= 11 is 0. The molecule has 1 aliphatic rings. The fourth-order valence-electron chi connectivity index (χ4n) is 3.21. The zero-order chi connectivity index (χ0) is 17.8. The van der Waals surface area contributed by atoms with Crippen molar-refractivity contribution in [1.82, 2.24) is 19.4 Å². The van der Waals surface area contributed by atoms with Crippen molar-refractivity contribution in [3.05, 3.63) is 78.6 Å². The van der Waals surface area contributed by atoms with Crippen LogP contribution in [0, 0.1) is 0 Å². The Hall–Kier alpha value is -3.15. The van der Waals surface area contributed by atoms with Gasteiger partial charge in [-0.15, -0.1) is 0 Å². The standard InChI is InChI=1S/C20H20N4O2/c25-20(16-6-9-21-10-7-16)24-13-18-12-22-15-23(18)11-8-17(24)14-26-19-4-2-1-3-5-19/h1-7,9-10,12,15,17H,8,11,13-14H2/t17-/m0/s1. The van der Waals surface area contributed by atoms with Gasteiger partial charge in [-0.25, -0.2) is 4.98 Å². The average Bonchev–Trinajstić information content (AvgIpc) is 3.07. The molecule has 2 aromatic heterocycles. The third-order valence-electron chi connectivity index (χ3n) is 4.65. The molecular formula is C20H20N4O2. The molecule has 0 aliphatic carbocycles. The number of aromatic nitrogens is 3. The van der Waals surface area contributed by atoms with Crippen molar-refractivity contribution in [3.63, 3.8) is 0 Å². The SMILES string of the molecule is O=C(c1ccncc1)N1Cc2cncn2CC[C@H]1COc1ccccc1. The van der Waals surface area contributed by atoms with E-state index in [2.05, 4.69) is 14.5 Å². The van der Waals surface area contributed by atoms with Crippen molar-refractivity contribution in [3.8, 4) is 5.75 Å². The highest BCUT2D eigenvalue weighted by Gasteiger charge is 2.29. The van der Waals surface area contributed by atoms with Crippen LogP contribution in [0.25, 0.3) is 0 Å². The number of ether oxygens (including phenoxy) is 1. The lowest BCUT2D eigenvalue weighted by molar-refractivity contribution is 0.0589. The Morgan fingerprint density at radius 3 is 2.73 bits per heavy atom. The van der Waals surface area contributed by atoms with Crippen molar-refractivity contribution < 1.29 is 9.53 Å². The summed E-state index contributed by atoms with van der Waals surface area (Å²) in [7, 11) is 0. The predicted molar refractivity (Wildman–Crippen MR) is 96.7 cm³/mol. The summed E-state index contributed by atoms with van der Waals surface area (Å²) < 4.78 is 8.07. The quantitative estimate of drug-likeness (QED) is 0.727. The summed E-state index contributed by atoms with van der Waals surface area (Å²) in [5.41, 5.74) is 1.67. The first-order valence-corrected chi connectivity index (χ1v) is 8.69. The first kappa shape index (κ1) is 16.3. The van der Waals surface area contributed by atoms with E-state index in [9.17, 15) is 4.79 Å². The van der Waals surface area contributed by atoms with Crippen LogP contribution in [0.5, 0.6) is 5.75 Å². The Kier molecular flexibility index (Phi) is 4.64. The van der Waals surface area contributed by atoms with E-state index in [0.717, 1.165) is 24.4 Å². The van der Waals surface area contributed by atoms with Crippen LogP contribution >= 0.6 is 0 Å². The van der Waals surface area contributed by atoms with Crippen molar-refractivity contribution in [2.24, 2.45) is 0 Å². The third-order valence-corrected chi connectivity index (χ3v) is 4.65. The first-order valence-electron chi connectivity index (χ1n) is 8.69. The van der Waals surface area contributed by atoms with Gasteiger partial charge in [-0.3, -0.25) is 9.78 Å². The van der Waals surface area contributed by atoms with Crippen LogP contribution < -0.4 is 4.74 Å². The molecule has 0 radical (unpaired) electrons. The van der Waals surface area contributed by atoms with Crippen molar-refractivity contribution in [1.29, 1.82) is 0 Å². The van der Waals surface area contributed by atoms with Crippen LogP contribution in [0.1, 0.15) is 22.5 Å². The van der Waals surface area contributed by atoms with E-state index in [0.29, 0.717) is 18.7 Å². The second kappa shape index (κ2) is 7.39. The largest absolute Gasteiger partial charge is 0.491 e. The highest BCUT2D eigenvalue weighted by atomic mass is 16.5. The molecule has 132 valence electrons. The zero-order valence-corrected chi connectivity index (χ0v) is 14.4. The predicted octanol–water partition coefficient (Wildman–Crippen LogP) is 2.77. The highest BCUT2D eigenvalue weighted by molar-refractivity contribution is 5.94. The molecule has 0 saturated heterocycles. The topological polar surface area (TPSA) is 60.2 Å². The van der Waals surface area contributed by atoms with Gasteiger partial charge in [0.25, 0.3) is 5.91 Å². The van der Waals surface area contributed by atoms with Gasteiger partial charge in [-0.1, -0.05) is 18.2 Å². The number of nitrogens with zero attached hydrogens (tertiary/aromatic N) is 4. The maximum Gasteiger partial charge on any atom is 0.254 e. The normalized spacial score (nSPS) is 16.6. The molecule has 0 fully saturated rings. The van der Waals surface area contributed by atoms with E-state index < -0.39 is 0 Å². The fraction of sp³-hybridized carbons (Fsp3) is 0.250. The lowest BCUT2D eigenvalue weighted by Gasteiger charge is -2.29. The lowest BCUT2D eigenvalue weighted by Crippen LogP contribution is -2.42. The van der Waals surface area contributed by atoms with Crippen molar-refractivity contribution in [2.45, 2.75) is 25.6 Å². The van der Waals surface area contributed by atoms with Gasteiger partial charge in [-0.05, 0) is 30.7 Å². The number of amides is 1. The molecule has 0 N–H and O–H groups in total. The van der Waals surface area contributed by atoms with Gasteiger partial charge >= 0.3 is 0 Å². The van der Waals surface area contributed by atoms with Gasteiger partial charge in [0.1, 0.15) is 12.4 Å². The number of fused-ring (bicyclic) bond motifs is 1. The molecule has 3 aromatic rings. The molecule has 6 heteroatoms. The Bertz CT molecular complexity index is 864. The summed E-state index contributed by atoms with van der Waals surface area (Å²) in [6.07, 6.45) is 7.75. The maximum absolute atomic E-state index is 13.1. The molecule has 1 atom stereocenters. The van der Waals surface area contributed by atoms with E-state index in [1.807, 2.05) is 47.8 Å². The number of carbonyl (C=O) groups is 1. The molecule has 0 bridgehead atoms. The van der Waals surface area contributed by atoms with E-state index in [1.54, 1.807) is 24.5 Å². The smallest absolute Gasteiger partial charge is 0.254 e. The van der Waals surface area contributed by atoms with E-state index >= 15 is 0 Å². The van der Waals surface area contributed by atoms with Crippen LogP contribution in [0.3, 0.4) is 0 Å². The number of imidazole rings is 1. The number of hydrogen-bond acceptors (Lipinski definition) is 4. The molecule has 26 heavy (non-hydrogen) atoms. The molecule has 4 rings (SSSR count).